The third-order valence-corrected chi connectivity index (χ3v) is 8.62. The van der Waals surface area contributed by atoms with E-state index >= 15 is 0 Å². The monoisotopic (exact) mass is 597 g/mol. The van der Waals surface area contributed by atoms with Crippen LogP contribution in [-0.4, -0.2) is 66.5 Å². The first kappa shape index (κ1) is 31.2. The molecule has 0 radical (unpaired) electrons. The van der Waals surface area contributed by atoms with Crippen LogP contribution in [0.4, 0.5) is 10.5 Å². The van der Waals surface area contributed by atoms with E-state index in [0.717, 1.165) is 80.8 Å². The summed E-state index contributed by atoms with van der Waals surface area (Å²) < 4.78 is 5.74. The van der Waals surface area contributed by atoms with Gasteiger partial charge >= 0.3 is 6.09 Å². The highest BCUT2D eigenvalue weighted by Crippen LogP contribution is 2.28. The first-order chi connectivity index (χ1) is 21.4. The van der Waals surface area contributed by atoms with Crippen molar-refractivity contribution in [3.05, 3.63) is 90.0 Å². The van der Waals surface area contributed by atoms with Crippen LogP contribution in [0.2, 0.25) is 0 Å². The molecule has 2 saturated heterocycles. The molecule has 3 aromatic rings. The van der Waals surface area contributed by atoms with Crippen LogP contribution < -0.4 is 16.4 Å². The molecular weight excluding hydrogens is 554 g/mol. The highest BCUT2D eigenvalue weighted by molar-refractivity contribution is 5.91. The SMILES string of the molecule is NC(=O)C1CCN(Cc2ccc(CNC(=O)CCN3CCC(OC(=O)Nc4ccccc4-c4ccccc4)CC3)cc2)CC1. The van der Waals surface area contributed by atoms with Crippen LogP contribution in [0.1, 0.15) is 43.2 Å². The standard InChI is InChI=1S/C35H43N5O4/c36-34(42)29-14-19-40(20-15-29)25-27-12-10-26(11-13-27)24-37-33(41)18-23-39-21-16-30(17-22-39)44-35(43)38-32-9-5-4-8-31(32)28-6-2-1-3-7-28/h1-13,29-30H,14-25H2,(H2,36,42)(H,37,41)(H,38,43). The van der Waals surface area contributed by atoms with Crippen molar-refractivity contribution < 1.29 is 19.1 Å². The van der Waals surface area contributed by atoms with Gasteiger partial charge in [0, 0.05) is 50.6 Å². The summed E-state index contributed by atoms with van der Waals surface area (Å²) in [6, 6.07) is 26.0. The third kappa shape index (κ3) is 9.14. The van der Waals surface area contributed by atoms with Crippen molar-refractivity contribution in [2.75, 3.05) is 38.0 Å². The number of nitrogens with one attached hydrogen (secondary N) is 2. The Bertz CT molecular complexity index is 1380. The van der Waals surface area contributed by atoms with Crippen molar-refractivity contribution in [3.8, 4) is 11.1 Å². The van der Waals surface area contributed by atoms with Crippen LogP contribution >= 0.6 is 0 Å². The summed E-state index contributed by atoms with van der Waals surface area (Å²) in [5, 5.41) is 5.95. The Balaban J connectivity index is 0.964. The van der Waals surface area contributed by atoms with Gasteiger partial charge in [-0.25, -0.2) is 4.79 Å². The molecule has 0 atom stereocenters. The van der Waals surface area contributed by atoms with Gasteiger partial charge in [-0.2, -0.15) is 0 Å². The van der Waals surface area contributed by atoms with Gasteiger partial charge in [0.15, 0.2) is 0 Å². The molecule has 4 N–H and O–H groups in total. The second kappa shape index (κ2) is 15.5. The number of carbonyl (C=O) groups excluding carboxylic acids is 3. The van der Waals surface area contributed by atoms with E-state index in [2.05, 4.69) is 44.7 Å². The van der Waals surface area contributed by atoms with Gasteiger partial charge in [0.25, 0.3) is 0 Å². The number of likely N-dealkylation sites (tertiary alicyclic amines) is 2. The minimum atomic E-state index is -0.441. The molecular formula is C35H43N5O4. The predicted molar refractivity (Wildman–Crippen MR) is 172 cm³/mol. The summed E-state index contributed by atoms with van der Waals surface area (Å²) in [5.74, 6) is -0.152. The number of nitrogens with two attached hydrogens (primary N) is 1. The number of piperidine rings is 2. The lowest BCUT2D eigenvalue weighted by atomic mass is 9.96. The van der Waals surface area contributed by atoms with Gasteiger partial charge < -0.3 is 20.7 Å². The van der Waals surface area contributed by atoms with E-state index in [9.17, 15) is 14.4 Å². The van der Waals surface area contributed by atoms with Crippen LogP contribution in [0.5, 0.6) is 0 Å². The number of rotatable bonds is 11. The molecule has 5 rings (SSSR count). The molecule has 44 heavy (non-hydrogen) atoms. The second-order valence-electron chi connectivity index (χ2n) is 11.8. The maximum Gasteiger partial charge on any atom is 0.411 e. The molecule has 3 amide bonds. The molecule has 2 fully saturated rings. The number of ether oxygens (including phenoxy) is 1. The first-order valence-corrected chi connectivity index (χ1v) is 15.6. The number of para-hydroxylation sites is 1. The molecule has 2 aliphatic rings. The normalized spacial score (nSPS) is 16.7. The Morgan fingerprint density at radius 2 is 1.41 bits per heavy atom. The Labute approximate surface area is 259 Å². The Morgan fingerprint density at radius 1 is 0.773 bits per heavy atom. The highest BCUT2D eigenvalue weighted by Gasteiger charge is 2.24. The number of hydrogen-bond donors (Lipinski definition) is 3. The van der Waals surface area contributed by atoms with E-state index in [4.69, 9.17) is 10.5 Å². The lowest BCUT2D eigenvalue weighted by Crippen LogP contribution is -2.40. The lowest BCUT2D eigenvalue weighted by Gasteiger charge is -2.31. The Morgan fingerprint density at radius 3 is 2.11 bits per heavy atom. The summed E-state index contributed by atoms with van der Waals surface area (Å²) in [6.45, 7) is 5.38. The van der Waals surface area contributed by atoms with Gasteiger partial charge in [-0.1, -0.05) is 72.8 Å². The van der Waals surface area contributed by atoms with E-state index in [1.165, 1.54) is 5.56 Å². The molecule has 9 nitrogen and oxygen atoms in total. The third-order valence-electron chi connectivity index (χ3n) is 8.62. The fourth-order valence-electron chi connectivity index (χ4n) is 5.95. The van der Waals surface area contributed by atoms with Crippen LogP contribution in [0.3, 0.4) is 0 Å². The molecule has 0 unspecified atom stereocenters. The van der Waals surface area contributed by atoms with Crippen LogP contribution in [-0.2, 0) is 27.4 Å². The maximum atomic E-state index is 12.7. The van der Waals surface area contributed by atoms with E-state index in [0.29, 0.717) is 19.5 Å². The lowest BCUT2D eigenvalue weighted by molar-refractivity contribution is -0.123. The van der Waals surface area contributed by atoms with Gasteiger partial charge in [0.05, 0.1) is 5.69 Å². The maximum absolute atomic E-state index is 12.7. The molecule has 2 heterocycles. The summed E-state index contributed by atoms with van der Waals surface area (Å²) in [5.41, 5.74) is 10.4. The molecule has 3 aromatic carbocycles. The number of hydrogen-bond acceptors (Lipinski definition) is 6. The quantitative estimate of drug-likeness (QED) is 0.293. The van der Waals surface area contributed by atoms with Gasteiger partial charge in [-0.15, -0.1) is 0 Å². The van der Waals surface area contributed by atoms with Crippen LogP contribution in [0.25, 0.3) is 11.1 Å². The average Bonchev–Trinajstić information content (AvgIpc) is 3.05. The van der Waals surface area contributed by atoms with Crippen LogP contribution in [0, 0.1) is 5.92 Å². The highest BCUT2D eigenvalue weighted by atomic mass is 16.6. The van der Waals surface area contributed by atoms with Gasteiger partial charge in [-0.3, -0.25) is 19.8 Å². The molecule has 0 bridgehead atoms. The zero-order valence-electron chi connectivity index (χ0n) is 25.3. The zero-order valence-corrected chi connectivity index (χ0v) is 25.3. The van der Waals surface area contributed by atoms with E-state index in [-0.39, 0.29) is 23.8 Å². The smallest absolute Gasteiger partial charge is 0.411 e. The van der Waals surface area contributed by atoms with Gasteiger partial charge in [-0.05, 0) is 61.5 Å². The number of amides is 3. The molecule has 232 valence electrons. The number of nitrogens with zero attached hydrogens (tertiary/aromatic N) is 2. The summed E-state index contributed by atoms with van der Waals surface area (Å²) in [7, 11) is 0. The minimum absolute atomic E-state index is 0.00565. The minimum Gasteiger partial charge on any atom is -0.446 e. The number of benzene rings is 3. The number of carbonyl (C=O) groups is 3. The van der Waals surface area contributed by atoms with E-state index in [1.54, 1.807) is 0 Å². The van der Waals surface area contributed by atoms with E-state index < -0.39 is 6.09 Å². The summed E-state index contributed by atoms with van der Waals surface area (Å²) in [6.07, 6.45) is 2.98. The molecule has 0 saturated carbocycles. The van der Waals surface area contributed by atoms with Crippen LogP contribution in [0.15, 0.2) is 78.9 Å². The molecule has 0 aliphatic carbocycles. The fourth-order valence-corrected chi connectivity index (χ4v) is 5.95. The Kier molecular flexibility index (Phi) is 11.0. The van der Waals surface area contributed by atoms with Crippen molar-refractivity contribution >= 4 is 23.6 Å². The van der Waals surface area contributed by atoms with Crippen molar-refractivity contribution in [2.45, 2.75) is 51.3 Å². The number of anilines is 1. The summed E-state index contributed by atoms with van der Waals surface area (Å²) >= 11 is 0. The van der Waals surface area contributed by atoms with Crippen molar-refractivity contribution in [1.82, 2.24) is 15.1 Å². The average molecular weight is 598 g/mol. The largest absolute Gasteiger partial charge is 0.446 e. The topological polar surface area (TPSA) is 117 Å². The number of primary amides is 1. The van der Waals surface area contributed by atoms with Crippen molar-refractivity contribution in [2.24, 2.45) is 11.7 Å². The van der Waals surface area contributed by atoms with Gasteiger partial charge in [0.2, 0.25) is 11.8 Å². The molecule has 9 heteroatoms. The molecule has 0 aromatic heterocycles. The van der Waals surface area contributed by atoms with Gasteiger partial charge in [0.1, 0.15) is 6.10 Å². The summed E-state index contributed by atoms with van der Waals surface area (Å²) in [4.78, 5) is 41.2. The molecule has 2 aliphatic heterocycles. The predicted octanol–water partition coefficient (Wildman–Crippen LogP) is 4.77. The zero-order chi connectivity index (χ0) is 30.7. The second-order valence-corrected chi connectivity index (χ2v) is 11.8. The Hall–Kier alpha value is -4.21. The first-order valence-electron chi connectivity index (χ1n) is 15.6. The van der Waals surface area contributed by atoms with Crippen molar-refractivity contribution in [3.63, 3.8) is 0 Å². The van der Waals surface area contributed by atoms with E-state index in [1.807, 2.05) is 54.6 Å². The fraction of sp³-hybridized carbons (Fsp3) is 0.400. The molecule has 0 spiro atoms. The van der Waals surface area contributed by atoms with Crippen molar-refractivity contribution in [1.29, 1.82) is 0 Å².